The van der Waals surface area contributed by atoms with Crippen molar-refractivity contribution in [2.75, 3.05) is 18.5 Å². The largest absolute Gasteiger partial charge is 0.394 e. The summed E-state index contributed by atoms with van der Waals surface area (Å²) < 4.78 is 0. The van der Waals surface area contributed by atoms with Gasteiger partial charge in [0.25, 0.3) is 0 Å². The van der Waals surface area contributed by atoms with E-state index < -0.39 is 0 Å². The first-order valence-corrected chi connectivity index (χ1v) is 7.34. The van der Waals surface area contributed by atoms with E-state index in [0.717, 1.165) is 31.2 Å². The molecule has 0 heterocycles. The van der Waals surface area contributed by atoms with Crippen molar-refractivity contribution in [3.8, 4) is 0 Å². The second kappa shape index (κ2) is 6.57. The molecule has 20 heavy (non-hydrogen) atoms. The summed E-state index contributed by atoms with van der Waals surface area (Å²) in [6.45, 7) is 2.21. The number of aliphatic hydroxyl groups is 1. The van der Waals surface area contributed by atoms with E-state index in [1.54, 1.807) is 6.07 Å². The van der Waals surface area contributed by atoms with Gasteiger partial charge in [-0.05, 0) is 37.5 Å². The van der Waals surface area contributed by atoms with E-state index in [1.165, 1.54) is 0 Å². The molecule has 1 aromatic carbocycles. The van der Waals surface area contributed by atoms with Gasteiger partial charge in [0.1, 0.15) is 0 Å². The van der Waals surface area contributed by atoms with Crippen LogP contribution >= 0.6 is 11.6 Å². The molecule has 1 aromatic rings. The summed E-state index contributed by atoms with van der Waals surface area (Å²) in [4.78, 5) is 12.0. The quantitative estimate of drug-likeness (QED) is 0.782. The van der Waals surface area contributed by atoms with Gasteiger partial charge >= 0.3 is 0 Å². The van der Waals surface area contributed by atoms with Crippen molar-refractivity contribution in [3.05, 3.63) is 28.8 Å². The van der Waals surface area contributed by atoms with Crippen LogP contribution in [-0.4, -0.2) is 29.7 Å². The van der Waals surface area contributed by atoms with Gasteiger partial charge in [-0.2, -0.15) is 0 Å². The molecule has 1 saturated carbocycles. The lowest BCUT2D eigenvalue weighted by Gasteiger charge is -2.27. The Hall–Kier alpha value is -1.10. The number of halogens is 1. The fourth-order valence-corrected chi connectivity index (χ4v) is 2.91. The average Bonchev–Trinajstić information content (AvgIpc) is 2.89. The zero-order valence-corrected chi connectivity index (χ0v) is 12.5. The minimum atomic E-state index is -0.283. The van der Waals surface area contributed by atoms with E-state index in [-0.39, 0.29) is 24.6 Å². The topological polar surface area (TPSA) is 61.4 Å². The van der Waals surface area contributed by atoms with Crippen molar-refractivity contribution in [2.24, 2.45) is 0 Å². The summed E-state index contributed by atoms with van der Waals surface area (Å²) >= 11 is 6.08. The number of amides is 1. The second-order valence-electron chi connectivity index (χ2n) is 5.53. The van der Waals surface area contributed by atoms with Gasteiger partial charge in [0.05, 0.1) is 23.9 Å². The van der Waals surface area contributed by atoms with Gasteiger partial charge in [-0.1, -0.05) is 30.5 Å². The van der Waals surface area contributed by atoms with Gasteiger partial charge in [-0.25, -0.2) is 0 Å². The van der Waals surface area contributed by atoms with Crippen LogP contribution in [0, 0.1) is 6.92 Å². The average molecular weight is 297 g/mol. The number of hydrogen-bond acceptors (Lipinski definition) is 3. The third-order valence-corrected chi connectivity index (χ3v) is 4.20. The second-order valence-corrected chi connectivity index (χ2v) is 5.94. The molecule has 4 nitrogen and oxygen atoms in total. The number of carbonyl (C=O) groups is 1. The SMILES string of the molecule is Cc1ccc(NC(=O)CNC2(CO)CCCC2)c(Cl)c1. The predicted molar refractivity (Wildman–Crippen MR) is 81.1 cm³/mol. The third-order valence-electron chi connectivity index (χ3n) is 3.89. The monoisotopic (exact) mass is 296 g/mol. The summed E-state index contributed by atoms with van der Waals surface area (Å²) in [5, 5.41) is 16.0. The molecular weight excluding hydrogens is 276 g/mol. The van der Waals surface area contributed by atoms with E-state index in [1.807, 2.05) is 19.1 Å². The Bertz CT molecular complexity index is 485. The molecule has 2 rings (SSSR count). The Morgan fingerprint density at radius 1 is 1.40 bits per heavy atom. The number of rotatable bonds is 5. The summed E-state index contributed by atoms with van der Waals surface area (Å²) in [6, 6.07) is 5.52. The maximum Gasteiger partial charge on any atom is 0.238 e. The lowest BCUT2D eigenvalue weighted by atomic mass is 9.99. The molecule has 0 atom stereocenters. The fourth-order valence-electron chi connectivity index (χ4n) is 2.63. The third kappa shape index (κ3) is 3.72. The Balaban J connectivity index is 1.89. The molecule has 110 valence electrons. The van der Waals surface area contributed by atoms with E-state index >= 15 is 0 Å². The number of aryl methyl sites for hydroxylation is 1. The summed E-state index contributed by atoms with van der Waals surface area (Å²) in [5.74, 6) is -0.143. The molecule has 0 aromatic heterocycles. The van der Waals surface area contributed by atoms with Crippen LogP contribution < -0.4 is 10.6 Å². The van der Waals surface area contributed by atoms with Crippen molar-refractivity contribution in [1.82, 2.24) is 5.32 Å². The molecule has 0 unspecified atom stereocenters. The highest BCUT2D eigenvalue weighted by Gasteiger charge is 2.32. The number of anilines is 1. The highest BCUT2D eigenvalue weighted by Crippen LogP contribution is 2.29. The molecule has 1 fully saturated rings. The molecule has 0 bridgehead atoms. The fraction of sp³-hybridized carbons (Fsp3) is 0.533. The number of benzene rings is 1. The number of carbonyl (C=O) groups excluding carboxylic acids is 1. The van der Waals surface area contributed by atoms with Crippen LogP contribution in [0.1, 0.15) is 31.2 Å². The standard InChI is InChI=1S/C15H21ClN2O2/c1-11-4-5-13(12(16)8-11)18-14(20)9-17-15(10-19)6-2-3-7-15/h4-5,8,17,19H,2-3,6-7,9-10H2,1H3,(H,18,20). The van der Waals surface area contributed by atoms with Gasteiger partial charge in [-0.15, -0.1) is 0 Å². The minimum absolute atomic E-state index is 0.0750. The molecule has 1 aliphatic carbocycles. The van der Waals surface area contributed by atoms with Crippen molar-refractivity contribution in [3.63, 3.8) is 0 Å². The van der Waals surface area contributed by atoms with Gasteiger partial charge in [-0.3, -0.25) is 4.79 Å². The van der Waals surface area contributed by atoms with E-state index in [4.69, 9.17) is 11.6 Å². The molecule has 0 radical (unpaired) electrons. The number of hydrogen-bond donors (Lipinski definition) is 3. The van der Waals surface area contributed by atoms with Crippen LogP contribution in [-0.2, 0) is 4.79 Å². The van der Waals surface area contributed by atoms with Crippen LogP contribution in [0.5, 0.6) is 0 Å². The van der Waals surface area contributed by atoms with E-state index in [9.17, 15) is 9.90 Å². The van der Waals surface area contributed by atoms with E-state index in [2.05, 4.69) is 10.6 Å². The lowest BCUT2D eigenvalue weighted by Crippen LogP contribution is -2.49. The zero-order chi connectivity index (χ0) is 14.6. The summed E-state index contributed by atoms with van der Waals surface area (Å²) in [5.41, 5.74) is 1.39. The summed E-state index contributed by atoms with van der Waals surface area (Å²) in [7, 11) is 0. The maximum atomic E-state index is 12.0. The number of nitrogens with one attached hydrogen (secondary N) is 2. The predicted octanol–water partition coefficient (Wildman–Crippen LogP) is 2.48. The van der Waals surface area contributed by atoms with Crippen LogP contribution in [0.2, 0.25) is 5.02 Å². The Labute approximate surface area is 124 Å². The van der Waals surface area contributed by atoms with Crippen molar-refractivity contribution in [1.29, 1.82) is 0 Å². The van der Waals surface area contributed by atoms with Gasteiger partial charge in [0.15, 0.2) is 0 Å². The normalized spacial score (nSPS) is 17.1. The first-order valence-electron chi connectivity index (χ1n) is 6.97. The van der Waals surface area contributed by atoms with Crippen molar-refractivity contribution < 1.29 is 9.90 Å². The zero-order valence-electron chi connectivity index (χ0n) is 11.7. The Morgan fingerprint density at radius 3 is 2.70 bits per heavy atom. The molecule has 3 N–H and O–H groups in total. The highest BCUT2D eigenvalue weighted by atomic mass is 35.5. The maximum absolute atomic E-state index is 12.0. The van der Waals surface area contributed by atoms with Gasteiger partial charge in [0, 0.05) is 5.54 Å². The molecule has 1 aliphatic rings. The number of aliphatic hydroxyl groups excluding tert-OH is 1. The van der Waals surface area contributed by atoms with Crippen LogP contribution in [0.25, 0.3) is 0 Å². The van der Waals surface area contributed by atoms with Gasteiger partial charge in [0.2, 0.25) is 5.91 Å². The first kappa shape index (κ1) is 15.3. The van der Waals surface area contributed by atoms with Crippen LogP contribution in [0.15, 0.2) is 18.2 Å². The molecule has 1 amide bonds. The van der Waals surface area contributed by atoms with Crippen molar-refractivity contribution >= 4 is 23.2 Å². The molecule has 5 heteroatoms. The Kier molecular flexibility index (Phi) is 5.02. The molecular formula is C15H21ClN2O2. The molecule has 0 aliphatic heterocycles. The summed E-state index contributed by atoms with van der Waals surface area (Å²) in [6.07, 6.45) is 4.03. The minimum Gasteiger partial charge on any atom is -0.394 e. The first-order chi connectivity index (χ1) is 9.54. The molecule has 0 saturated heterocycles. The van der Waals surface area contributed by atoms with Crippen LogP contribution in [0.4, 0.5) is 5.69 Å². The van der Waals surface area contributed by atoms with Crippen LogP contribution in [0.3, 0.4) is 0 Å². The highest BCUT2D eigenvalue weighted by molar-refractivity contribution is 6.33. The lowest BCUT2D eigenvalue weighted by molar-refractivity contribution is -0.115. The van der Waals surface area contributed by atoms with Crippen molar-refractivity contribution in [2.45, 2.75) is 38.1 Å². The van der Waals surface area contributed by atoms with Gasteiger partial charge < -0.3 is 15.7 Å². The smallest absolute Gasteiger partial charge is 0.238 e. The Morgan fingerprint density at radius 2 is 2.10 bits per heavy atom. The van der Waals surface area contributed by atoms with E-state index in [0.29, 0.717) is 10.7 Å². The molecule has 0 spiro atoms.